The molecule has 1 aliphatic heterocycles. The Labute approximate surface area is 139 Å². The summed E-state index contributed by atoms with van der Waals surface area (Å²) in [5, 5.41) is 16.1. The van der Waals surface area contributed by atoms with Gasteiger partial charge in [0, 0.05) is 18.9 Å². The Morgan fingerprint density at radius 1 is 1.29 bits per heavy atom. The van der Waals surface area contributed by atoms with Crippen molar-refractivity contribution in [2.75, 3.05) is 6.61 Å². The zero-order chi connectivity index (χ0) is 17.4. The van der Waals surface area contributed by atoms with Crippen molar-refractivity contribution in [3.8, 4) is 0 Å². The van der Waals surface area contributed by atoms with Crippen molar-refractivity contribution >= 4 is 16.0 Å². The van der Waals surface area contributed by atoms with E-state index >= 15 is 0 Å². The molecule has 0 aromatic heterocycles. The monoisotopic (exact) mass is 358 g/mol. The lowest BCUT2D eigenvalue weighted by Gasteiger charge is -2.21. The molecule has 3 rings (SSSR count). The van der Waals surface area contributed by atoms with Gasteiger partial charge < -0.3 is 9.47 Å². The highest BCUT2D eigenvalue weighted by atomic mass is 32.2. The lowest BCUT2D eigenvalue weighted by molar-refractivity contribution is -0.386. The second kappa shape index (κ2) is 6.37. The second-order valence-electron chi connectivity index (χ2n) is 5.91. The van der Waals surface area contributed by atoms with Gasteiger partial charge in [-0.2, -0.15) is 8.42 Å². The van der Waals surface area contributed by atoms with Crippen LogP contribution in [0.4, 0.5) is 5.69 Å². The smallest absolute Gasteiger partial charge is 0.333 e. The summed E-state index contributed by atoms with van der Waals surface area (Å²) in [5.41, 5.74) is 0.219. The first-order valence-electron chi connectivity index (χ1n) is 7.56. The van der Waals surface area contributed by atoms with Crippen molar-refractivity contribution in [1.82, 2.24) is 0 Å². The molecule has 9 nitrogen and oxygen atoms in total. The van der Waals surface area contributed by atoms with Crippen LogP contribution >= 0.6 is 0 Å². The zero-order valence-corrected chi connectivity index (χ0v) is 13.6. The topological polar surface area (TPSA) is 131 Å². The molecule has 0 amide bonds. The quantitative estimate of drug-likeness (QED) is 0.624. The molecular weight excluding hydrogens is 340 g/mol. The maximum atomic E-state index is 11.3. The van der Waals surface area contributed by atoms with Crippen LogP contribution in [0.2, 0.25) is 0 Å². The van der Waals surface area contributed by atoms with E-state index in [9.17, 15) is 18.5 Å². The summed E-state index contributed by atoms with van der Waals surface area (Å²) in [6.45, 7) is -0.364. The third-order valence-corrected chi connectivity index (χ3v) is 4.71. The zero-order valence-electron chi connectivity index (χ0n) is 12.8. The van der Waals surface area contributed by atoms with Gasteiger partial charge in [0.2, 0.25) is 0 Å². The molecule has 2 N–H and O–H groups in total. The number of hydrogen-bond acceptors (Lipinski definition) is 7. The predicted octanol–water partition coefficient (Wildman–Crippen LogP) is 1.54. The van der Waals surface area contributed by atoms with Crippen LogP contribution < -0.4 is 5.14 Å². The van der Waals surface area contributed by atoms with E-state index in [0.29, 0.717) is 18.4 Å². The van der Waals surface area contributed by atoms with E-state index in [0.717, 1.165) is 12.8 Å². The highest BCUT2D eigenvalue weighted by Gasteiger charge is 2.51. The molecule has 10 heteroatoms. The van der Waals surface area contributed by atoms with Gasteiger partial charge in [-0.05, 0) is 18.9 Å². The Morgan fingerprint density at radius 2 is 1.96 bits per heavy atom. The van der Waals surface area contributed by atoms with Crippen LogP contribution in [0, 0.1) is 10.1 Å². The first-order chi connectivity index (χ1) is 11.3. The Bertz CT molecular complexity index is 730. The number of nitro groups is 1. The number of para-hydroxylation sites is 1. The van der Waals surface area contributed by atoms with E-state index in [4.69, 9.17) is 14.6 Å². The minimum atomic E-state index is -4.15. The molecule has 1 aromatic carbocycles. The Hall–Kier alpha value is -1.59. The summed E-state index contributed by atoms with van der Waals surface area (Å²) in [7, 11) is -4.15. The first kappa shape index (κ1) is 17.2. The molecule has 24 heavy (non-hydrogen) atoms. The van der Waals surface area contributed by atoms with Gasteiger partial charge >= 0.3 is 10.3 Å². The SMILES string of the molecule is NS(=O)(=O)OC[C@@H]1OC2(CCCC2)O[C@H]1c1ccccc1[N+](=O)[O-]. The maximum absolute atomic E-state index is 11.3. The molecule has 1 aliphatic carbocycles. The Kier molecular flexibility index (Phi) is 4.58. The van der Waals surface area contributed by atoms with Crippen molar-refractivity contribution in [3.05, 3.63) is 39.9 Å². The number of nitro benzene ring substituents is 1. The number of hydrogen-bond donors (Lipinski definition) is 1. The van der Waals surface area contributed by atoms with E-state index in [1.165, 1.54) is 6.07 Å². The molecule has 0 bridgehead atoms. The van der Waals surface area contributed by atoms with Gasteiger partial charge in [0.05, 0.1) is 17.1 Å². The van der Waals surface area contributed by atoms with Gasteiger partial charge in [-0.3, -0.25) is 14.3 Å². The lowest BCUT2D eigenvalue weighted by Crippen LogP contribution is -2.29. The molecule has 1 aromatic rings. The highest BCUT2D eigenvalue weighted by Crippen LogP contribution is 2.48. The summed E-state index contributed by atoms with van der Waals surface area (Å²) >= 11 is 0. The lowest BCUT2D eigenvalue weighted by atomic mass is 10.0. The molecule has 2 atom stereocenters. The van der Waals surface area contributed by atoms with Crippen molar-refractivity contribution in [2.24, 2.45) is 5.14 Å². The number of nitrogens with zero attached hydrogens (tertiary/aromatic N) is 1. The minimum absolute atomic E-state index is 0.109. The van der Waals surface area contributed by atoms with Crippen LogP contribution in [0.5, 0.6) is 0 Å². The van der Waals surface area contributed by atoms with Gasteiger partial charge in [-0.1, -0.05) is 12.1 Å². The van der Waals surface area contributed by atoms with Crippen LogP contribution in [0.1, 0.15) is 37.4 Å². The van der Waals surface area contributed by atoms with Gasteiger partial charge in [0.1, 0.15) is 12.2 Å². The number of benzene rings is 1. The molecule has 1 heterocycles. The summed E-state index contributed by atoms with van der Waals surface area (Å²) in [4.78, 5) is 10.8. The second-order valence-corrected chi connectivity index (χ2v) is 7.13. The van der Waals surface area contributed by atoms with Gasteiger partial charge in [0.25, 0.3) is 5.69 Å². The Morgan fingerprint density at radius 3 is 2.58 bits per heavy atom. The van der Waals surface area contributed by atoms with Gasteiger partial charge in [-0.15, -0.1) is 0 Å². The fraction of sp³-hybridized carbons (Fsp3) is 0.571. The van der Waals surface area contributed by atoms with E-state index in [1.807, 2.05) is 0 Å². The van der Waals surface area contributed by atoms with E-state index < -0.39 is 33.2 Å². The number of ether oxygens (including phenoxy) is 2. The molecule has 132 valence electrons. The molecule has 1 saturated heterocycles. The van der Waals surface area contributed by atoms with Crippen molar-refractivity contribution in [1.29, 1.82) is 0 Å². The summed E-state index contributed by atoms with van der Waals surface area (Å²) < 4.78 is 38.7. The van der Waals surface area contributed by atoms with E-state index in [1.54, 1.807) is 18.2 Å². The largest absolute Gasteiger partial charge is 0.341 e. The molecule has 2 fully saturated rings. The van der Waals surface area contributed by atoms with E-state index in [2.05, 4.69) is 4.18 Å². The maximum Gasteiger partial charge on any atom is 0.333 e. The van der Waals surface area contributed by atoms with Crippen LogP contribution in [0.25, 0.3) is 0 Å². The molecule has 2 aliphatic rings. The molecule has 1 saturated carbocycles. The fourth-order valence-corrected chi connectivity index (χ4v) is 3.59. The van der Waals surface area contributed by atoms with Gasteiger partial charge in [-0.25, -0.2) is 5.14 Å². The average Bonchev–Trinajstić information content (AvgIpc) is 3.12. The van der Waals surface area contributed by atoms with Crippen LogP contribution in [-0.2, 0) is 24.0 Å². The Balaban J connectivity index is 1.91. The first-order valence-corrected chi connectivity index (χ1v) is 9.03. The average molecular weight is 358 g/mol. The van der Waals surface area contributed by atoms with Crippen LogP contribution in [-0.4, -0.2) is 31.8 Å². The van der Waals surface area contributed by atoms with Crippen LogP contribution in [0.3, 0.4) is 0 Å². The van der Waals surface area contributed by atoms with Gasteiger partial charge in [0.15, 0.2) is 5.79 Å². The molecule has 1 spiro atoms. The molecular formula is C14H18N2O7S. The fourth-order valence-electron chi connectivity index (χ4n) is 3.26. The van der Waals surface area contributed by atoms with Crippen molar-refractivity contribution in [2.45, 2.75) is 43.7 Å². The molecule has 0 unspecified atom stereocenters. The third-order valence-electron chi connectivity index (χ3n) is 4.25. The normalized spacial score (nSPS) is 26.0. The van der Waals surface area contributed by atoms with Crippen molar-refractivity contribution in [3.63, 3.8) is 0 Å². The van der Waals surface area contributed by atoms with E-state index in [-0.39, 0.29) is 12.3 Å². The minimum Gasteiger partial charge on any atom is -0.341 e. The van der Waals surface area contributed by atoms with Crippen molar-refractivity contribution < 1.29 is 27.0 Å². The summed E-state index contributed by atoms with van der Waals surface area (Å²) in [6, 6.07) is 6.15. The number of rotatable bonds is 5. The van der Waals surface area contributed by atoms with Crippen LogP contribution in [0.15, 0.2) is 24.3 Å². The third kappa shape index (κ3) is 3.57. The standard InChI is InChI=1S/C14H18N2O7S/c15-24(19,20)21-9-12-13(23-14(22-12)7-3-4-8-14)10-5-1-2-6-11(10)16(17)18/h1-2,5-6,12-13H,3-4,7-9H2,(H2,15,19,20)/t12-,13-/m0/s1. The highest BCUT2D eigenvalue weighted by molar-refractivity contribution is 7.84. The summed E-state index contributed by atoms with van der Waals surface area (Å²) in [6.07, 6.45) is 1.51. The number of nitrogens with two attached hydrogens (primary N) is 1. The summed E-state index contributed by atoms with van der Waals surface area (Å²) in [5.74, 6) is -0.846. The predicted molar refractivity (Wildman–Crippen MR) is 82.1 cm³/mol. The molecule has 0 radical (unpaired) electrons.